The van der Waals surface area contributed by atoms with Crippen LogP contribution < -0.4 is 0 Å². The monoisotopic (exact) mass is 420 g/mol. The molecule has 0 bridgehead atoms. The zero-order valence-electron chi connectivity index (χ0n) is 18.0. The number of hydrogen-bond donors (Lipinski definition) is 0. The van der Waals surface area contributed by atoms with Gasteiger partial charge in [0.1, 0.15) is 0 Å². The fourth-order valence-electron chi connectivity index (χ4n) is 4.08. The maximum atomic E-state index is 13.5. The topological polar surface area (TPSA) is 63.0 Å². The lowest BCUT2D eigenvalue weighted by Crippen LogP contribution is -2.51. The summed E-state index contributed by atoms with van der Waals surface area (Å²) in [4.78, 5) is 29.8. The summed E-state index contributed by atoms with van der Waals surface area (Å²) in [5.41, 5.74) is 0.693. The Hall–Kier alpha value is -3.12. The first-order chi connectivity index (χ1) is 15.0. The summed E-state index contributed by atoms with van der Waals surface area (Å²) in [6.07, 6.45) is 1.25. The number of carbonyl (C=O) groups excluding carboxylic acids is 2. The summed E-state index contributed by atoms with van der Waals surface area (Å²) >= 11 is 0. The minimum Gasteiger partial charge on any atom is -0.459 e. The number of hydrogen-bond acceptors (Lipinski definition) is 4. The second-order valence-corrected chi connectivity index (χ2v) is 8.35. The van der Waals surface area contributed by atoms with E-state index in [4.69, 9.17) is 9.15 Å². The number of nitrogens with zero attached hydrogens (tertiary/aromatic N) is 2. The predicted molar refractivity (Wildman–Crippen MR) is 119 cm³/mol. The van der Waals surface area contributed by atoms with E-state index in [0.717, 1.165) is 10.8 Å². The van der Waals surface area contributed by atoms with Gasteiger partial charge in [0, 0.05) is 31.7 Å². The number of benzene rings is 2. The molecule has 31 heavy (non-hydrogen) atoms. The minimum absolute atomic E-state index is 0.0106. The number of morpholine rings is 1. The van der Waals surface area contributed by atoms with E-state index in [1.807, 2.05) is 47.4 Å². The number of furan rings is 1. The molecule has 3 aromatic rings. The predicted octanol–water partition coefficient (Wildman–Crippen LogP) is 4.07. The van der Waals surface area contributed by atoms with Crippen LogP contribution in [-0.2, 0) is 4.74 Å². The van der Waals surface area contributed by atoms with E-state index in [9.17, 15) is 9.59 Å². The Kier molecular flexibility index (Phi) is 6.37. The number of ether oxygens (including phenoxy) is 1. The van der Waals surface area contributed by atoms with Crippen molar-refractivity contribution in [3.8, 4) is 0 Å². The van der Waals surface area contributed by atoms with Gasteiger partial charge in [-0.2, -0.15) is 0 Å². The second-order valence-electron chi connectivity index (χ2n) is 8.35. The lowest BCUT2D eigenvalue weighted by molar-refractivity contribution is -0.0347. The van der Waals surface area contributed by atoms with Crippen molar-refractivity contribution in [2.45, 2.75) is 20.0 Å². The van der Waals surface area contributed by atoms with E-state index in [-0.39, 0.29) is 17.9 Å². The van der Waals surface area contributed by atoms with Crippen LogP contribution in [0.15, 0.2) is 65.3 Å². The third-order valence-electron chi connectivity index (χ3n) is 5.47. The van der Waals surface area contributed by atoms with Gasteiger partial charge in [0.2, 0.25) is 0 Å². The van der Waals surface area contributed by atoms with Crippen LogP contribution in [-0.4, -0.2) is 60.5 Å². The quantitative estimate of drug-likeness (QED) is 0.603. The lowest BCUT2D eigenvalue weighted by atomic mass is 10.0. The zero-order valence-corrected chi connectivity index (χ0v) is 18.0. The van der Waals surface area contributed by atoms with Crippen LogP contribution in [0.25, 0.3) is 10.8 Å². The van der Waals surface area contributed by atoms with Crippen LogP contribution in [0.1, 0.15) is 34.8 Å². The number of carbonyl (C=O) groups is 2. The van der Waals surface area contributed by atoms with Crippen LogP contribution in [0.3, 0.4) is 0 Å². The first-order valence-electron chi connectivity index (χ1n) is 10.7. The number of amides is 2. The van der Waals surface area contributed by atoms with Crippen molar-refractivity contribution in [2.24, 2.45) is 5.92 Å². The maximum absolute atomic E-state index is 13.5. The molecule has 2 heterocycles. The molecule has 1 saturated heterocycles. The number of fused-ring (bicyclic) bond motifs is 1. The average Bonchev–Trinajstić information content (AvgIpc) is 3.32. The normalized spacial score (nSPS) is 16.6. The van der Waals surface area contributed by atoms with Crippen LogP contribution in [0, 0.1) is 5.92 Å². The summed E-state index contributed by atoms with van der Waals surface area (Å²) < 4.78 is 11.2. The van der Waals surface area contributed by atoms with Crippen molar-refractivity contribution in [3.05, 3.63) is 72.2 Å². The Bertz CT molecular complexity index is 1040. The van der Waals surface area contributed by atoms with Gasteiger partial charge < -0.3 is 19.0 Å². The molecule has 2 amide bonds. The summed E-state index contributed by atoms with van der Waals surface area (Å²) in [6.45, 7) is 6.62. The largest absolute Gasteiger partial charge is 0.459 e. The zero-order chi connectivity index (χ0) is 21.8. The van der Waals surface area contributed by atoms with Gasteiger partial charge in [-0.15, -0.1) is 0 Å². The molecule has 0 saturated carbocycles. The molecule has 4 rings (SSSR count). The van der Waals surface area contributed by atoms with Crippen molar-refractivity contribution in [2.75, 3.05) is 32.8 Å². The van der Waals surface area contributed by atoms with E-state index in [1.54, 1.807) is 17.0 Å². The molecule has 1 atom stereocenters. The molecule has 0 aliphatic carbocycles. The van der Waals surface area contributed by atoms with E-state index >= 15 is 0 Å². The summed E-state index contributed by atoms with van der Waals surface area (Å²) in [6, 6.07) is 17.1. The van der Waals surface area contributed by atoms with Crippen LogP contribution in [0.5, 0.6) is 0 Å². The number of rotatable bonds is 6. The Morgan fingerprint density at radius 2 is 1.90 bits per heavy atom. The molecule has 1 aliphatic heterocycles. The van der Waals surface area contributed by atoms with Gasteiger partial charge in [-0.1, -0.05) is 50.2 Å². The highest BCUT2D eigenvalue weighted by atomic mass is 16.5. The molecule has 162 valence electrons. The maximum Gasteiger partial charge on any atom is 0.289 e. The molecule has 1 aromatic heterocycles. The van der Waals surface area contributed by atoms with Gasteiger partial charge in [0.25, 0.3) is 11.8 Å². The molecule has 0 unspecified atom stereocenters. The molecule has 2 aromatic carbocycles. The molecule has 0 spiro atoms. The molecule has 6 heteroatoms. The van der Waals surface area contributed by atoms with Crippen LogP contribution >= 0.6 is 0 Å². The third kappa shape index (κ3) is 4.80. The fraction of sp³-hybridized carbons (Fsp3) is 0.360. The van der Waals surface area contributed by atoms with Gasteiger partial charge >= 0.3 is 0 Å². The Balaban J connectivity index is 1.52. The highest BCUT2D eigenvalue weighted by molar-refractivity contribution is 6.07. The standard InChI is InChI=1S/C25H28N2O4/c1-18(2)15-27(24(28)22-10-5-8-19-7-3-4-9-21(19)22)17-20-16-26(12-14-30-20)25(29)23-11-6-13-31-23/h3-11,13,18,20H,12,14-17H2,1-2H3/t20-/m0/s1. The van der Waals surface area contributed by atoms with Gasteiger partial charge in [0.05, 0.1) is 19.0 Å². The molecule has 6 nitrogen and oxygen atoms in total. The molecule has 0 radical (unpaired) electrons. The molecular weight excluding hydrogens is 392 g/mol. The van der Waals surface area contributed by atoms with Gasteiger partial charge in [0.15, 0.2) is 5.76 Å². The summed E-state index contributed by atoms with van der Waals surface area (Å²) in [7, 11) is 0. The highest BCUT2D eigenvalue weighted by Gasteiger charge is 2.29. The SMILES string of the molecule is CC(C)CN(C[C@@H]1CN(C(=O)c2ccco2)CCO1)C(=O)c1cccc2ccccc12. The van der Waals surface area contributed by atoms with E-state index < -0.39 is 0 Å². The average molecular weight is 421 g/mol. The first kappa shape index (κ1) is 21.1. The molecule has 0 N–H and O–H groups in total. The molecule has 1 aliphatic rings. The fourth-order valence-corrected chi connectivity index (χ4v) is 4.08. The van der Waals surface area contributed by atoms with Gasteiger partial charge in [-0.05, 0) is 34.9 Å². The second kappa shape index (κ2) is 9.35. The lowest BCUT2D eigenvalue weighted by Gasteiger charge is -2.36. The van der Waals surface area contributed by atoms with Crippen molar-refractivity contribution in [1.82, 2.24) is 9.80 Å². The van der Waals surface area contributed by atoms with Crippen molar-refractivity contribution >= 4 is 22.6 Å². The first-order valence-corrected chi connectivity index (χ1v) is 10.7. The molecule has 1 fully saturated rings. The van der Waals surface area contributed by atoms with Crippen LogP contribution in [0.2, 0.25) is 0 Å². The Morgan fingerprint density at radius 1 is 1.10 bits per heavy atom. The molecular formula is C25H28N2O4. The van der Waals surface area contributed by atoms with Gasteiger partial charge in [-0.25, -0.2) is 0 Å². The summed E-state index contributed by atoms with van der Waals surface area (Å²) in [5, 5.41) is 1.99. The highest BCUT2D eigenvalue weighted by Crippen LogP contribution is 2.21. The van der Waals surface area contributed by atoms with E-state index in [1.165, 1.54) is 6.26 Å². The third-order valence-corrected chi connectivity index (χ3v) is 5.47. The van der Waals surface area contributed by atoms with Crippen molar-refractivity contribution in [3.63, 3.8) is 0 Å². The Labute approximate surface area is 182 Å². The van der Waals surface area contributed by atoms with Crippen LogP contribution in [0.4, 0.5) is 0 Å². The van der Waals surface area contributed by atoms with E-state index in [2.05, 4.69) is 13.8 Å². The Morgan fingerprint density at radius 3 is 2.68 bits per heavy atom. The van der Waals surface area contributed by atoms with E-state index in [0.29, 0.717) is 50.0 Å². The minimum atomic E-state index is -0.245. The van der Waals surface area contributed by atoms with Crippen molar-refractivity contribution < 1.29 is 18.7 Å². The van der Waals surface area contributed by atoms with Crippen molar-refractivity contribution in [1.29, 1.82) is 0 Å². The van der Waals surface area contributed by atoms with Gasteiger partial charge in [-0.3, -0.25) is 9.59 Å². The smallest absolute Gasteiger partial charge is 0.289 e. The summed E-state index contributed by atoms with van der Waals surface area (Å²) in [5.74, 6) is 0.479.